The van der Waals surface area contributed by atoms with E-state index in [1.165, 1.54) is 18.4 Å². The van der Waals surface area contributed by atoms with Crippen LogP contribution in [0.2, 0.25) is 0 Å². The Morgan fingerprint density at radius 1 is 1.39 bits per heavy atom. The lowest BCUT2D eigenvalue weighted by Crippen LogP contribution is -2.44. The summed E-state index contributed by atoms with van der Waals surface area (Å²) < 4.78 is 35.6. The number of aromatic nitrogens is 2. The molecule has 1 aliphatic heterocycles. The van der Waals surface area contributed by atoms with Crippen LogP contribution in [-0.2, 0) is 19.6 Å². The molecule has 0 saturated carbocycles. The maximum Gasteiger partial charge on any atom is 0.277 e. The van der Waals surface area contributed by atoms with Crippen LogP contribution in [0.3, 0.4) is 0 Å². The van der Waals surface area contributed by atoms with E-state index in [0.29, 0.717) is 24.3 Å². The molecular formula is C12H20N4O5S2. The van der Waals surface area contributed by atoms with E-state index < -0.39 is 10.0 Å². The zero-order valence-electron chi connectivity index (χ0n) is 13.2. The first-order valence-corrected chi connectivity index (χ1v) is 9.57. The lowest BCUT2D eigenvalue weighted by molar-refractivity contribution is -0.119. The van der Waals surface area contributed by atoms with Crippen molar-refractivity contribution in [2.24, 2.45) is 5.92 Å². The van der Waals surface area contributed by atoms with E-state index in [1.807, 2.05) is 0 Å². The molecule has 1 aliphatic rings. The van der Waals surface area contributed by atoms with Gasteiger partial charge in [0.05, 0.1) is 30.8 Å². The van der Waals surface area contributed by atoms with Gasteiger partial charge < -0.3 is 14.5 Å². The van der Waals surface area contributed by atoms with Crippen molar-refractivity contribution < 1.29 is 22.4 Å². The Balaban J connectivity index is 1.84. The SMILES string of the molecule is Cc1nnc(SCC(=O)N[C@@H]2COC[C@H]2CS(=O)(=O)N(C)C)o1. The number of nitrogens with one attached hydrogen (secondary N) is 1. The summed E-state index contributed by atoms with van der Waals surface area (Å²) in [6.45, 7) is 2.29. The minimum Gasteiger partial charge on any atom is -0.416 e. The fraction of sp³-hybridized carbons (Fsp3) is 0.750. The molecule has 23 heavy (non-hydrogen) atoms. The highest BCUT2D eigenvalue weighted by Crippen LogP contribution is 2.19. The Morgan fingerprint density at radius 2 is 2.13 bits per heavy atom. The number of hydrogen-bond acceptors (Lipinski definition) is 8. The molecule has 130 valence electrons. The standard InChI is InChI=1S/C12H20N4O5S2/c1-8-14-15-12(21-8)22-6-11(17)13-10-5-20-4-9(10)7-23(18,19)16(2)3/h9-10H,4-7H2,1-3H3,(H,13,17)/t9-,10+/m0/s1. The minimum atomic E-state index is -3.34. The molecule has 0 aliphatic carbocycles. The van der Waals surface area contributed by atoms with Crippen molar-refractivity contribution in [3.63, 3.8) is 0 Å². The van der Waals surface area contributed by atoms with E-state index in [-0.39, 0.29) is 29.4 Å². The highest BCUT2D eigenvalue weighted by atomic mass is 32.2. The fourth-order valence-electron chi connectivity index (χ4n) is 2.05. The molecule has 0 spiro atoms. The summed E-state index contributed by atoms with van der Waals surface area (Å²) in [5, 5.41) is 10.6. The van der Waals surface area contributed by atoms with Crippen LogP contribution in [0.25, 0.3) is 0 Å². The van der Waals surface area contributed by atoms with Crippen LogP contribution in [0.1, 0.15) is 5.89 Å². The minimum absolute atomic E-state index is 0.0546. The number of aryl methyl sites for hydroxylation is 1. The predicted octanol–water partition coefficient (Wildman–Crippen LogP) is -0.507. The number of carbonyl (C=O) groups is 1. The van der Waals surface area contributed by atoms with Gasteiger partial charge in [-0.15, -0.1) is 10.2 Å². The molecule has 0 unspecified atom stereocenters. The molecule has 1 N–H and O–H groups in total. The van der Waals surface area contributed by atoms with Crippen LogP contribution in [0, 0.1) is 12.8 Å². The molecule has 1 fully saturated rings. The monoisotopic (exact) mass is 364 g/mol. The Hall–Kier alpha value is -1.17. The normalized spacial score (nSPS) is 21.7. The largest absolute Gasteiger partial charge is 0.416 e. The maximum atomic E-state index is 12.0. The first-order valence-electron chi connectivity index (χ1n) is 6.98. The molecule has 9 nitrogen and oxygen atoms in total. The van der Waals surface area contributed by atoms with Gasteiger partial charge in [-0.3, -0.25) is 4.79 Å². The van der Waals surface area contributed by atoms with E-state index in [2.05, 4.69) is 15.5 Å². The molecule has 1 amide bonds. The first kappa shape index (κ1) is 18.2. The zero-order chi connectivity index (χ0) is 17.0. The van der Waals surface area contributed by atoms with Crippen molar-refractivity contribution in [3.05, 3.63) is 5.89 Å². The number of carbonyl (C=O) groups excluding carboxylic acids is 1. The molecule has 2 heterocycles. The molecule has 2 rings (SSSR count). The van der Waals surface area contributed by atoms with Gasteiger partial charge >= 0.3 is 0 Å². The summed E-state index contributed by atoms with van der Waals surface area (Å²) in [6, 6.07) is -0.317. The van der Waals surface area contributed by atoms with Gasteiger partial charge in [-0.1, -0.05) is 11.8 Å². The molecule has 2 atom stereocenters. The van der Waals surface area contributed by atoms with Gasteiger partial charge in [0.1, 0.15) is 0 Å². The molecule has 1 aromatic heterocycles. The molecule has 0 bridgehead atoms. The Bertz CT molecular complexity index is 646. The zero-order valence-corrected chi connectivity index (χ0v) is 14.8. The Kier molecular flexibility index (Phi) is 6.00. The maximum absolute atomic E-state index is 12.0. The summed E-state index contributed by atoms with van der Waals surface area (Å²) in [4.78, 5) is 12.0. The molecule has 11 heteroatoms. The van der Waals surface area contributed by atoms with Gasteiger partial charge in [-0.25, -0.2) is 12.7 Å². The van der Waals surface area contributed by atoms with Gasteiger partial charge in [0.25, 0.3) is 5.22 Å². The van der Waals surface area contributed by atoms with Crippen molar-refractivity contribution in [2.75, 3.05) is 38.8 Å². The number of thioether (sulfide) groups is 1. The average Bonchev–Trinajstić information content (AvgIpc) is 3.06. The van der Waals surface area contributed by atoms with Crippen LogP contribution in [0.15, 0.2) is 9.64 Å². The van der Waals surface area contributed by atoms with Crippen molar-refractivity contribution >= 4 is 27.7 Å². The first-order chi connectivity index (χ1) is 10.8. The number of ether oxygens (including phenoxy) is 1. The molecular weight excluding hydrogens is 344 g/mol. The molecule has 0 aromatic carbocycles. The lowest BCUT2D eigenvalue weighted by Gasteiger charge is -2.20. The summed E-state index contributed by atoms with van der Waals surface area (Å²) in [6.07, 6.45) is 0. The second-order valence-corrected chi connectivity index (χ2v) is 8.56. The lowest BCUT2D eigenvalue weighted by atomic mass is 10.1. The number of hydrogen-bond donors (Lipinski definition) is 1. The van der Waals surface area contributed by atoms with Gasteiger partial charge in [-0.05, 0) is 0 Å². The smallest absolute Gasteiger partial charge is 0.277 e. The molecule has 1 saturated heterocycles. The third kappa shape index (κ3) is 5.16. The number of amides is 1. The highest BCUT2D eigenvalue weighted by Gasteiger charge is 2.34. The number of nitrogens with zero attached hydrogens (tertiary/aromatic N) is 3. The van der Waals surface area contributed by atoms with Gasteiger partial charge in [0.2, 0.25) is 21.8 Å². The van der Waals surface area contributed by atoms with E-state index in [4.69, 9.17) is 9.15 Å². The average molecular weight is 364 g/mol. The summed E-state index contributed by atoms with van der Waals surface area (Å²) in [7, 11) is -0.364. The topological polar surface area (TPSA) is 115 Å². The Morgan fingerprint density at radius 3 is 2.74 bits per heavy atom. The Labute approximate surface area is 139 Å². The third-order valence-corrected chi connectivity index (χ3v) is 6.14. The number of rotatable bonds is 7. The fourth-order valence-corrected chi connectivity index (χ4v) is 3.84. The molecule has 1 aromatic rings. The van der Waals surface area contributed by atoms with Crippen LogP contribution in [-0.4, -0.2) is 73.7 Å². The van der Waals surface area contributed by atoms with E-state index in [1.54, 1.807) is 6.92 Å². The van der Waals surface area contributed by atoms with Gasteiger partial charge in [0, 0.05) is 26.9 Å². The second kappa shape index (κ2) is 7.60. The predicted molar refractivity (Wildman–Crippen MR) is 83.5 cm³/mol. The van der Waals surface area contributed by atoms with E-state index in [0.717, 1.165) is 11.8 Å². The summed E-state index contributed by atoms with van der Waals surface area (Å²) >= 11 is 1.13. The van der Waals surface area contributed by atoms with Crippen LogP contribution >= 0.6 is 11.8 Å². The van der Waals surface area contributed by atoms with Crippen LogP contribution in [0.5, 0.6) is 0 Å². The quantitative estimate of drug-likeness (QED) is 0.644. The second-order valence-electron chi connectivity index (χ2n) is 5.41. The van der Waals surface area contributed by atoms with E-state index >= 15 is 0 Å². The van der Waals surface area contributed by atoms with Crippen LogP contribution in [0.4, 0.5) is 0 Å². The third-order valence-electron chi connectivity index (χ3n) is 3.36. The number of sulfonamides is 1. The van der Waals surface area contributed by atoms with Crippen molar-refractivity contribution in [2.45, 2.75) is 18.2 Å². The highest BCUT2D eigenvalue weighted by molar-refractivity contribution is 7.99. The van der Waals surface area contributed by atoms with Crippen molar-refractivity contribution in [1.82, 2.24) is 19.8 Å². The van der Waals surface area contributed by atoms with Gasteiger partial charge in [0.15, 0.2) is 0 Å². The summed E-state index contributed by atoms with van der Waals surface area (Å²) in [5.74, 6) is 0.00772. The van der Waals surface area contributed by atoms with Gasteiger partial charge in [-0.2, -0.15) is 0 Å². The van der Waals surface area contributed by atoms with Crippen molar-refractivity contribution in [1.29, 1.82) is 0 Å². The van der Waals surface area contributed by atoms with E-state index in [9.17, 15) is 13.2 Å². The van der Waals surface area contributed by atoms with Crippen molar-refractivity contribution in [3.8, 4) is 0 Å². The molecule has 0 radical (unpaired) electrons. The summed E-state index contributed by atoms with van der Waals surface area (Å²) in [5.41, 5.74) is 0. The van der Waals surface area contributed by atoms with Crippen LogP contribution < -0.4 is 5.32 Å².